The Morgan fingerprint density at radius 1 is 1.11 bits per heavy atom. The van der Waals surface area contributed by atoms with Crippen LogP contribution in [0, 0.1) is 5.92 Å². The van der Waals surface area contributed by atoms with Crippen LogP contribution in [0.15, 0.2) is 0 Å². The molecular weight excluding hydrogens is 236 g/mol. The summed E-state index contributed by atoms with van der Waals surface area (Å²) in [5, 5.41) is 3.50. The summed E-state index contributed by atoms with van der Waals surface area (Å²) in [6.07, 6.45) is 9.95. The number of rotatable bonds is 5. The van der Waals surface area contributed by atoms with E-state index in [-0.39, 0.29) is 12.2 Å². The lowest BCUT2D eigenvalue weighted by Gasteiger charge is -2.37. The molecule has 1 aliphatic heterocycles. The molecule has 110 valence electrons. The normalized spacial score (nSPS) is 35.9. The molecule has 0 aromatic rings. The van der Waals surface area contributed by atoms with Crippen molar-refractivity contribution in [2.24, 2.45) is 5.92 Å². The van der Waals surface area contributed by atoms with Crippen LogP contribution in [-0.2, 0) is 4.79 Å². The Kier molecular flexibility index (Phi) is 5.26. The van der Waals surface area contributed by atoms with Crippen LogP contribution in [0.2, 0.25) is 0 Å². The van der Waals surface area contributed by atoms with E-state index < -0.39 is 0 Å². The molecule has 0 spiro atoms. The highest BCUT2D eigenvalue weighted by atomic mass is 16.2. The molecule has 1 saturated heterocycles. The Morgan fingerprint density at radius 2 is 1.79 bits per heavy atom. The van der Waals surface area contributed by atoms with Crippen molar-refractivity contribution in [1.82, 2.24) is 10.2 Å². The van der Waals surface area contributed by atoms with E-state index >= 15 is 0 Å². The molecule has 2 unspecified atom stereocenters. The zero-order chi connectivity index (χ0) is 13.8. The van der Waals surface area contributed by atoms with Gasteiger partial charge in [-0.3, -0.25) is 10.1 Å². The Morgan fingerprint density at radius 3 is 2.32 bits per heavy atom. The van der Waals surface area contributed by atoms with Gasteiger partial charge in [0.2, 0.25) is 5.91 Å². The maximum absolute atomic E-state index is 12.5. The van der Waals surface area contributed by atoms with Gasteiger partial charge in [-0.15, -0.1) is 0 Å². The van der Waals surface area contributed by atoms with Crippen molar-refractivity contribution in [1.29, 1.82) is 0 Å². The second-order valence-electron chi connectivity index (χ2n) is 6.26. The molecule has 3 nitrogen and oxygen atoms in total. The minimum Gasteiger partial charge on any atom is -0.323 e. The molecule has 3 heteroatoms. The van der Waals surface area contributed by atoms with E-state index in [4.69, 9.17) is 0 Å². The van der Waals surface area contributed by atoms with E-state index in [0.29, 0.717) is 11.9 Å². The molecular formula is C16H30N2O. The molecule has 2 atom stereocenters. The van der Waals surface area contributed by atoms with Gasteiger partial charge in [0.05, 0.1) is 12.2 Å². The van der Waals surface area contributed by atoms with Crippen molar-refractivity contribution in [2.45, 2.75) is 90.4 Å². The van der Waals surface area contributed by atoms with E-state index in [1.807, 2.05) is 0 Å². The second kappa shape index (κ2) is 6.74. The first-order valence-electron chi connectivity index (χ1n) is 8.29. The molecule has 2 fully saturated rings. The molecule has 1 saturated carbocycles. The minimum absolute atomic E-state index is 0.0679. The lowest BCUT2D eigenvalue weighted by molar-refractivity contribution is -0.133. The third-order valence-electron chi connectivity index (χ3n) is 4.98. The SMILES string of the molecule is CCCC1CCC(N2C(=O)C(CC)NC2CC)CC1. The molecule has 0 aromatic heterocycles. The van der Waals surface area contributed by atoms with Crippen molar-refractivity contribution >= 4 is 5.91 Å². The third-order valence-corrected chi connectivity index (χ3v) is 4.98. The minimum atomic E-state index is 0.0679. The fourth-order valence-corrected chi connectivity index (χ4v) is 3.88. The van der Waals surface area contributed by atoms with E-state index in [2.05, 4.69) is 31.0 Å². The van der Waals surface area contributed by atoms with Crippen LogP contribution in [0.25, 0.3) is 0 Å². The predicted octanol–water partition coefficient (Wildman–Crippen LogP) is 3.29. The smallest absolute Gasteiger partial charge is 0.241 e. The molecule has 2 rings (SSSR count). The van der Waals surface area contributed by atoms with Gasteiger partial charge in [0.1, 0.15) is 0 Å². The average molecular weight is 266 g/mol. The largest absolute Gasteiger partial charge is 0.323 e. The summed E-state index contributed by atoms with van der Waals surface area (Å²) < 4.78 is 0. The maximum Gasteiger partial charge on any atom is 0.241 e. The summed E-state index contributed by atoms with van der Waals surface area (Å²) in [5.41, 5.74) is 0. The average Bonchev–Trinajstić information content (AvgIpc) is 2.76. The van der Waals surface area contributed by atoms with Crippen LogP contribution >= 0.6 is 0 Å². The fourth-order valence-electron chi connectivity index (χ4n) is 3.88. The predicted molar refractivity (Wildman–Crippen MR) is 78.8 cm³/mol. The van der Waals surface area contributed by atoms with Gasteiger partial charge in [-0.25, -0.2) is 0 Å². The molecule has 0 aromatic carbocycles. The van der Waals surface area contributed by atoms with Crippen molar-refractivity contribution in [2.75, 3.05) is 0 Å². The summed E-state index contributed by atoms with van der Waals surface area (Å²) >= 11 is 0. The number of carbonyl (C=O) groups is 1. The first kappa shape index (κ1) is 14.8. The first-order chi connectivity index (χ1) is 9.21. The van der Waals surface area contributed by atoms with Gasteiger partial charge >= 0.3 is 0 Å². The van der Waals surface area contributed by atoms with E-state index in [9.17, 15) is 4.79 Å². The van der Waals surface area contributed by atoms with E-state index in [1.54, 1.807) is 0 Å². The van der Waals surface area contributed by atoms with Crippen LogP contribution in [0.3, 0.4) is 0 Å². The zero-order valence-electron chi connectivity index (χ0n) is 12.8. The van der Waals surface area contributed by atoms with Gasteiger partial charge in [-0.05, 0) is 44.4 Å². The number of nitrogens with zero attached hydrogens (tertiary/aromatic N) is 1. The molecule has 1 amide bonds. The topological polar surface area (TPSA) is 32.3 Å². The van der Waals surface area contributed by atoms with Crippen molar-refractivity contribution in [3.05, 3.63) is 0 Å². The van der Waals surface area contributed by atoms with Crippen LogP contribution < -0.4 is 5.32 Å². The summed E-state index contributed by atoms with van der Waals surface area (Å²) in [5.74, 6) is 1.27. The van der Waals surface area contributed by atoms with Gasteiger partial charge in [0, 0.05) is 6.04 Å². The van der Waals surface area contributed by atoms with Gasteiger partial charge in [-0.2, -0.15) is 0 Å². The summed E-state index contributed by atoms with van der Waals surface area (Å²) in [4.78, 5) is 14.7. The second-order valence-corrected chi connectivity index (χ2v) is 6.26. The third kappa shape index (κ3) is 3.13. The van der Waals surface area contributed by atoms with E-state index in [1.165, 1.54) is 38.5 Å². The standard InChI is InChI=1S/C16H30N2O/c1-4-7-12-8-10-13(11-9-12)18-15(6-3)17-14(5-2)16(18)19/h12-15,17H,4-11H2,1-3H3. The fraction of sp³-hybridized carbons (Fsp3) is 0.938. The van der Waals surface area contributed by atoms with Gasteiger partial charge in [0.25, 0.3) is 0 Å². The van der Waals surface area contributed by atoms with Crippen LogP contribution in [0.1, 0.15) is 72.1 Å². The Hall–Kier alpha value is -0.570. The Balaban J connectivity index is 1.95. The van der Waals surface area contributed by atoms with Crippen molar-refractivity contribution in [3.63, 3.8) is 0 Å². The first-order valence-corrected chi connectivity index (χ1v) is 8.29. The molecule has 1 N–H and O–H groups in total. The lowest BCUT2D eigenvalue weighted by Crippen LogP contribution is -2.45. The zero-order valence-corrected chi connectivity index (χ0v) is 12.8. The number of nitrogens with one attached hydrogen (secondary N) is 1. The molecule has 0 radical (unpaired) electrons. The quantitative estimate of drug-likeness (QED) is 0.828. The number of carbonyl (C=O) groups excluding carboxylic acids is 1. The summed E-state index contributed by atoms with van der Waals surface area (Å²) in [7, 11) is 0. The molecule has 1 heterocycles. The highest BCUT2D eigenvalue weighted by Crippen LogP contribution is 2.33. The summed E-state index contributed by atoms with van der Waals surface area (Å²) in [6, 6.07) is 0.563. The van der Waals surface area contributed by atoms with Crippen LogP contribution in [0.5, 0.6) is 0 Å². The highest BCUT2D eigenvalue weighted by Gasteiger charge is 2.41. The van der Waals surface area contributed by atoms with E-state index in [0.717, 1.165) is 18.8 Å². The van der Waals surface area contributed by atoms with Gasteiger partial charge in [0.15, 0.2) is 0 Å². The maximum atomic E-state index is 12.5. The summed E-state index contributed by atoms with van der Waals surface area (Å²) in [6.45, 7) is 6.56. The monoisotopic (exact) mass is 266 g/mol. The lowest BCUT2D eigenvalue weighted by atomic mass is 9.83. The van der Waals surface area contributed by atoms with Crippen molar-refractivity contribution < 1.29 is 4.79 Å². The van der Waals surface area contributed by atoms with Gasteiger partial charge in [-0.1, -0.05) is 33.6 Å². The number of hydrogen-bond donors (Lipinski definition) is 1. The highest BCUT2D eigenvalue weighted by molar-refractivity contribution is 5.84. The van der Waals surface area contributed by atoms with Gasteiger partial charge < -0.3 is 4.90 Å². The van der Waals surface area contributed by atoms with Crippen LogP contribution in [-0.4, -0.2) is 29.1 Å². The molecule has 19 heavy (non-hydrogen) atoms. The Labute approximate surface area is 118 Å². The molecule has 0 bridgehead atoms. The van der Waals surface area contributed by atoms with Crippen LogP contribution in [0.4, 0.5) is 0 Å². The molecule has 1 aliphatic carbocycles. The molecule has 2 aliphatic rings. The Bertz CT molecular complexity index is 297. The van der Waals surface area contributed by atoms with Crippen molar-refractivity contribution in [3.8, 4) is 0 Å². The number of hydrogen-bond acceptors (Lipinski definition) is 2. The number of amides is 1.